The average Bonchev–Trinajstić information content (AvgIpc) is 3.32. The van der Waals surface area contributed by atoms with Crippen molar-refractivity contribution in [3.63, 3.8) is 0 Å². The minimum atomic E-state index is 0.734. The Morgan fingerprint density at radius 3 is 2.64 bits per heavy atom. The Balaban J connectivity index is 1.57. The molecule has 0 spiro atoms. The molecule has 0 atom stereocenters. The molecule has 1 aromatic carbocycles. The molecule has 0 aliphatic heterocycles. The number of aromatic nitrogens is 6. The highest BCUT2D eigenvalue weighted by molar-refractivity contribution is 5.61. The zero-order valence-electron chi connectivity index (χ0n) is 13.9. The minimum Gasteiger partial charge on any atom is -0.348 e. The van der Waals surface area contributed by atoms with Gasteiger partial charge in [0.1, 0.15) is 5.82 Å². The number of benzene rings is 1. The molecule has 6 nitrogen and oxygen atoms in total. The van der Waals surface area contributed by atoms with Gasteiger partial charge in [-0.2, -0.15) is 0 Å². The lowest BCUT2D eigenvalue weighted by Crippen LogP contribution is -2.03. The Morgan fingerprint density at radius 2 is 1.88 bits per heavy atom. The Hall–Kier alpha value is -3.28. The van der Waals surface area contributed by atoms with Crippen LogP contribution in [0.25, 0.3) is 22.8 Å². The molecule has 0 aliphatic carbocycles. The number of hydrogen-bond donors (Lipinski definition) is 1. The molecule has 0 saturated carbocycles. The first-order valence-electron chi connectivity index (χ1n) is 8.18. The Kier molecular flexibility index (Phi) is 4.08. The molecule has 0 amide bonds. The molecule has 4 aromatic rings. The van der Waals surface area contributed by atoms with E-state index in [1.165, 1.54) is 0 Å². The number of hydrogen-bond acceptors (Lipinski definition) is 4. The standard InChI is InChI=1S/C19H18N6/c1-14-4-2-3-5-17(14)18-22-10-15(11-23-18)19-21-7-9-25(19)8-6-16-12-20-13-24-16/h2-5,7,9-13H,6,8H2,1H3,(H,20,24). The van der Waals surface area contributed by atoms with E-state index in [2.05, 4.69) is 42.5 Å². The van der Waals surface area contributed by atoms with Crippen molar-refractivity contribution in [1.82, 2.24) is 29.5 Å². The topological polar surface area (TPSA) is 72.3 Å². The second kappa shape index (κ2) is 6.68. The summed E-state index contributed by atoms with van der Waals surface area (Å²) < 4.78 is 2.10. The third kappa shape index (κ3) is 3.19. The molecule has 0 aliphatic rings. The number of rotatable bonds is 5. The highest BCUT2D eigenvalue weighted by atomic mass is 15.1. The van der Waals surface area contributed by atoms with Gasteiger partial charge in [0.2, 0.25) is 0 Å². The molecule has 0 radical (unpaired) electrons. The van der Waals surface area contributed by atoms with Crippen LogP contribution in [0.4, 0.5) is 0 Å². The number of nitrogens with one attached hydrogen (secondary N) is 1. The van der Waals surface area contributed by atoms with E-state index in [0.29, 0.717) is 0 Å². The molecular formula is C19H18N6. The van der Waals surface area contributed by atoms with Gasteiger partial charge in [-0.3, -0.25) is 0 Å². The van der Waals surface area contributed by atoms with Crippen molar-refractivity contribution in [3.05, 3.63) is 72.8 Å². The highest BCUT2D eigenvalue weighted by Gasteiger charge is 2.09. The normalized spacial score (nSPS) is 10.9. The van der Waals surface area contributed by atoms with Gasteiger partial charge in [0.25, 0.3) is 0 Å². The van der Waals surface area contributed by atoms with Crippen LogP contribution in [0, 0.1) is 6.92 Å². The summed E-state index contributed by atoms with van der Waals surface area (Å²) in [4.78, 5) is 20.7. The number of aromatic amines is 1. The van der Waals surface area contributed by atoms with Crippen LogP contribution in [-0.2, 0) is 13.0 Å². The highest BCUT2D eigenvalue weighted by Crippen LogP contribution is 2.21. The second-order valence-corrected chi connectivity index (χ2v) is 5.88. The first-order chi connectivity index (χ1) is 12.3. The van der Waals surface area contributed by atoms with Crippen LogP contribution in [0.2, 0.25) is 0 Å². The maximum atomic E-state index is 4.54. The van der Waals surface area contributed by atoms with Crippen LogP contribution in [0.3, 0.4) is 0 Å². The number of aryl methyl sites for hydroxylation is 3. The summed E-state index contributed by atoms with van der Waals surface area (Å²) in [6, 6.07) is 8.12. The minimum absolute atomic E-state index is 0.734. The summed E-state index contributed by atoms with van der Waals surface area (Å²) in [5.41, 5.74) is 4.23. The summed E-state index contributed by atoms with van der Waals surface area (Å²) in [5.74, 6) is 1.60. The van der Waals surface area contributed by atoms with Gasteiger partial charge >= 0.3 is 0 Å². The number of H-pyrrole nitrogens is 1. The molecule has 3 heterocycles. The van der Waals surface area contributed by atoms with Gasteiger partial charge < -0.3 is 9.55 Å². The fourth-order valence-electron chi connectivity index (χ4n) is 2.82. The van der Waals surface area contributed by atoms with Crippen molar-refractivity contribution in [2.75, 3.05) is 0 Å². The molecule has 124 valence electrons. The van der Waals surface area contributed by atoms with Crippen molar-refractivity contribution in [2.45, 2.75) is 19.9 Å². The van der Waals surface area contributed by atoms with Gasteiger partial charge in [-0.1, -0.05) is 24.3 Å². The van der Waals surface area contributed by atoms with Crippen LogP contribution in [0.1, 0.15) is 11.3 Å². The number of imidazole rings is 2. The third-order valence-electron chi connectivity index (χ3n) is 4.19. The fourth-order valence-corrected chi connectivity index (χ4v) is 2.82. The first kappa shape index (κ1) is 15.3. The maximum absolute atomic E-state index is 4.54. The monoisotopic (exact) mass is 330 g/mol. The van der Waals surface area contributed by atoms with E-state index in [0.717, 1.165) is 47.0 Å². The zero-order chi connectivity index (χ0) is 17.1. The van der Waals surface area contributed by atoms with E-state index in [9.17, 15) is 0 Å². The predicted octanol–water partition coefficient (Wildman–Crippen LogP) is 3.28. The van der Waals surface area contributed by atoms with E-state index >= 15 is 0 Å². The van der Waals surface area contributed by atoms with Crippen LogP contribution in [0.15, 0.2) is 61.6 Å². The van der Waals surface area contributed by atoms with Crippen LogP contribution in [0.5, 0.6) is 0 Å². The van der Waals surface area contributed by atoms with E-state index in [1.54, 1.807) is 12.5 Å². The van der Waals surface area contributed by atoms with Crippen molar-refractivity contribution in [2.24, 2.45) is 0 Å². The molecular weight excluding hydrogens is 312 g/mol. The first-order valence-corrected chi connectivity index (χ1v) is 8.18. The van der Waals surface area contributed by atoms with Crippen molar-refractivity contribution >= 4 is 0 Å². The van der Waals surface area contributed by atoms with E-state index < -0.39 is 0 Å². The quantitative estimate of drug-likeness (QED) is 0.609. The fraction of sp³-hybridized carbons (Fsp3) is 0.158. The smallest absolute Gasteiger partial charge is 0.159 e. The van der Waals surface area contributed by atoms with Gasteiger partial charge in [0.15, 0.2) is 5.82 Å². The molecule has 4 rings (SSSR count). The van der Waals surface area contributed by atoms with Gasteiger partial charge in [-0.15, -0.1) is 0 Å². The van der Waals surface area contributed by atoms with E-state index in [1.807, 2.05) is 43.0 Å². The zero-order valence-corrected chi connectivity index (χ0v) is 13.9. The van der Waals surface area contributed by atoms with Crippen molar-refractivity contribution in [1.29, 1.82) is 0 Å². The Labute approximate surface area is 145 Å². The molecule has 0 fully saturated rings. The van der Waals surface area contributed by atoms with E-state index in [4.69, 9.17) is 0 Å². The van der Waals surface area contributed by atoms with Crippen LogP contribution < -0.4 is 0 Å². The lowest BCUT2D eigenvalue weighted by Gasteiger charge is -2.08. The molecule has 0 saturated heterocycles. The third-order valence-corrected chi connectivity index (χ3v) is 4.19. The molecule has 6 heteroatoms. The molecule has 0 bridgehead atoms. The Morgan fingerprint density at radius 1 is 1.04 bits per heavy atom. The van der Waals surface area contributed by atoms with Crippen molar-refractivity contribution in [3.8, 4) is 22.8 Å². The van der Waals surface area contributed by atoms with Crippen LogP contribution in [-0.4, -0.2) is 29.5 Å². The molecule has 3 aromatic heterocycles. The number of nitrogens with zero attached hydrogens (tertiary/aromatic N) is 5. The molecule has 1 N–H and O–H groups in total. The maximum Gasteiger partial charge on any atom is 0.159 e. The largest absolute Gasteiger partial charge is 0.348 e. The average molecular weight is 330 g/mol. The van der Waals surface area contributed by atoms with Gasteiger partial charge in [0, 0.05) is 55.2 Å². The summed E-state index contributed by atoms with van der Waals surface area (Å²) in [6.07, 6.45) is 11.9. The van der Waals surface area contributed by atoms with E-state index in [-0.39, 0.29) is 0 Å². The van der Waals surface area contributed by atoms with Crippen LogP contribution >= 0.6 is 0 Å². The summed E-state index contributed by atoms with van der Waals surface area (Å²) >= 11 is 0. The van der Waals surface area contributed by atoms with Gasteiger partial charge in [-0.05, 0) is 12.5 Å². The Bertz CT molecular complexity index is 954. The summed E-state index contributed by atoms with van der Waals surface area (Å²) in [6.45, 7) is 2.88. The van der Waals surface area contributed by atoms with Crippen molar-refractivity contribution < 1.29 is 0 Å². The molecule has 0 unspecified atom stereocenters. The van der Waals surface area contributed by atoms with Gasteiger partial charge in [-0.25, -0.2) is 19.9 Å². The molecule has 25 heavy (non-hydrogen) atoms. The lowest BCUT2D eigenvalue weighted by molar-refractivity contribution is 0.693. The SMILES string of the molecule is Cc1ccccc1-c1ncc(-c2nccn2CCc2cnc[nH]2)cn1. The second-order valence-electron chi connectivity index (χ2n) is 5.88. The summed E-state index contributed by atoms with van der Waals surface area (Å²) in [7, 11) is 0. The van der Waals surface area contributed by atoms with Gasteiger partial charge in [0.05, 0.1) is 11.9 Å². The predicted molar refractivity (Wildman–Crippen MR) is 95.7 cm³/mol. The summed E-state index contributed by atoms with van der Waals surface area (Å²) in [5, 5.41) is 0. The lowest BCUT2D eigenvalue weighted by atomic mass is 10.1.